The van der Waals surface area contributed by atoms with E-state index in [0.29, 0.717) is 44.2 Å². The predicted molar refractivity (Wildman–Crippen MR) is 145 cm³/mol. The molecule has 0 spiro atoms. The summed E-state index contributed by atoms with van der Waals surface area (Å²) in [6.07, 6.45) is 2.38. The third-order valence-electron chi connectivity index (χ3n) is 6.75. The second-order valence-corrected chi connectivity index (χ2v) is 10.9. The summed E-state index contributed by atoms with van der Waals surface area (Å²) in [5, 5.41) is 1.31. The van der Waals surface area contributed by atoms with Crippen molar-refractivity contribution in [3.63, 3.8) is 0 Å². The Labute approximate surface area is 224 Å². The van der Waals surface area contributed by atoms with Gasteiger partial charge in [0.25, 0.3) is 5.91 Å². The number of amides is 3. The Morgan fingerprint density at radius 2 is 1.61 bits per heavy atom. The lowest BCUT2D eigenvalue weighted by atomic mass is 9.85. The highest BCUT2D eigenvalue weighted by molar-refractivity contribution is 5.95. The van der Waals surface area contributed by atoms with Crippen LogP contribution in [0.5, 0.6) is 0 Å². The minimum Gasteiger partial charge on any atom is -0.445 e. The van der Waals surface area contributed by atoms with Gasteiger partial charge in [0.2, 0.25) is 0 Å². The predicted octanol–water partition coefficient (Wildman–Crippen LogP) is 4.83. The molecular weight excluding hydrogens is 484 g/mol. The van der Waals surface area contributed by atoms with Crippen LogP contribution in [0.15, 0.2) is 54.6 Å². The normalized spacial score (nSPS) is 15.9. The maximum Gasteiger partial charge on any atom is 0.429 e. The number of ether oxygens (including phenoxy) is 2. The monoisotopic (exact) mass is 522 g/mol. The molecule has 38 heavy (non-hydrogen) atoms. The van der Waals surface area contributed by atoms with Gasteiger partial charge in [-0.25, -0.2) is 14.6 Å². The SMILES string of the molecule is CC(C)(C)OC(=O)N(CC1CCC1)NC(=O)c1ccc(N2CCN(C(=O)OCc3ccccc3)CC2)cc1. The van der Waals surface area contributed by atoms with Crippen LogP contribution in [-0.2, 0) is 16.1 Å². The second kappa shape index (κ2) is 12.2. The van der Waals surface area contributed by atoms with Crippen molar-refractivity contribution in [1.29, 1.82) is 0 Å². The van der Waals surface area contributed by atoms with Crippen LogP contribution in [0.25, 0.3) is 0 Å². The van der Waals surface area contributed by atoms with E-state index in [1.807, 2.05) is 42.5 Å². The van der Waals surface area contributed by atoms with Gasteiger partial charge in [-0.1, -0.05) is 36.8 Å². The molecular formula is C29H38N4O5. The first-order chi connectivity index (χ1) is 18.2. The van der Waals surface area contributed by atoms with Gasteiger partial charge >= 0.3 is 12.2 Å². The lowest BCUT2D eigenvalue weighted by Crippen LogP contribution is -2.51. The molecule has 204 valence electrons. The highest BCUT2D eigenvalue weighted by atomic mass is 16.6. The third-order valence-corrected chi connectivity index (χ3v) is 6.75. The van der Waals surface area contributed by atoms with E-state index in [-0.39, 0.29) is 18.6 Å². The summed E-state index contributed by atoms with van der Waals surface area (Å²) in [4.78, 5) is 42.0. The van der Waals surface area contributed by atoms with Gasteiger partial charge in [0, 0.05) is 44.0 Å². The van der Waals surface area contributed by atoms with Crippen molar-refractivity contribution in [3.05, 3.63) is 65.7 Å². The molecule has 1 N–H and O–H groups in total. The number of piperazine rings is 1. The summed E-state index contributed by atoms with van der Waals surface area (Å²) >= 11 is 0. The Bertz CT molecular complexity index is 1090. The Hall–Kier alpha value is -3.75. The van der Waals surface area contributed by atoms with E-state index in [1.165, 1.54) is 5.01 Å². The number of hydrogen-bond acceptors (Lipinski definition) is 6. The Balaban J connectivity index is 1.28. The van der Waals surface area contributed by atoms with Crippen LogP contribution in [-0.4, -0.2) is 66.3 Å². The highest BCUT2D eigenvalue weighted by Gasteiger charge is 2.29. The topological polar surface area (TPSA) is 91.4 Å². The summed E-state index contributed by atoms with van der Waals surface area (Å²) in [7, 11) is 0. The fraction of sp³-hybridized carbons (Fsp3) is 0.483. The number of rotatable bonds is 6. The molecule has 2 fully saturated rings. The molecule has 0 unspecified atom stereocenters. The lowest BCUT2D eigenvalue weighted by Gasteiger charge is -2.35. The zero-order valence-electron chi connectivity index (χ0n) is 22.5. The molecule has 1 aliphatic heterocycles. The second-order valence-electron chi connectivity index (χ2n) is 10.9. The minimum atomic E-state index is -0.649. The van der Waals surface area contributed by atoms with Crippen LogP contribution >= 0.6 is 0 Å². The van der Waals surface area contributed by atoms with E-state index in [1.54, 1.807) is 37.8 Å². The van der Waals surface area contributed by atoms with Gasteiger partial charge in [0.15, 0.2) is 0 Å². The van der Waals surface area contributed by atoms with Crippen molar-refractivity contribution in [3.8, 4) is 0 Å². The maximum atomic E-state index is 13.0. The van der Waals surface area contributed by atoms with Crippen molar-refractivity contribution in [2.75, 3.05) is 37.6 Å². The minimum absolute atomic E-state index is 0.259. The van der Waals surface area contributed by atoms with E-state index in [0.717, 1.165) is 30.5 Å². The van der Waals surface area contributed by atoms with Crippen molar-refractivity contribution < 1.29 is 23.9 Å². The molecule has 1 aliphatic carbocycles. The Morgan fingerprint density at radius 3 is 2.18 bits per heavy atom. The molecule has 9 heteroatoms. The molecule has 3 amide bonds. The number of carbonyl (C=O) groups excluding carboxylic acids is 3. The van der Waals surface area contributed by atoms with Crippen LogP contribution in [0.3, 0.4) is 0 Å². The maximum absolute atomic E-state index is 13.0. The van der Waals surface area contributed by atoms with Gasteiger partial charge in [-0.3, -0.25) is 10.2 Å². The van der Waals surface area contributed by atoms with Crippen molar-refractivity contribution in [2.24, 2.45) is 5.92 Å². The van der Waals surface area contributed by atoms with E-state index in [2.05, 4.69) is 10.3 Å². The molecule has 2 aromatic rings. The number of nitrogens with zero attached hydrogens (tertiary/aromatic N) is 3. The van der Waals surface area contributed by atoms with E-state index < -0.39 is 11.7 Å². The molecule has 2 aromatic carbocycles. The number of nitrogens with one attached hydrogen (secondary N) is 1. The Kier molecular flexibility index (Phi) is 8.76. The standard InChI is InChI=1S/C29H38N4O5/c1-29(2,3)38-28(36)33(20-22-10-7-11-22)30-26(34)24-12-14-25(15-13-24)31-16-18-32(19-17-31)27(35)37-21-23-8-5-4-6-9-23/h4-6,8-9,12-15,22H,7,10-11,16-21H2,1-3H3,(H,30,34). The van der Waals surface area contributed by atoms with Gasteiger partial charge in [-0.2, -0.15) is 0 Å². The molecule has 4 rings (SSSR count). The van der Waals surface area contributed by atoms with Crippen molar-refractivity contribution in [2.45, 2.75) is 52.2 Å². The number of benzene rings is 2. The van der Waals surface area contributed by atoms with E-state index in [4.69, 9.17) is 9.47 Å². The summed E-state index contributed by atoms with van der Waals surface area (Å²) in [6, 6.07) is 16.9. The zero-order chi connectivity index (χ0) is 27.1. The smallest absolute Gasteiger partial charge is 0.429 e. The van der Waals surface area contributed by atoms with Gasteiger partial charge in [0.1, 0.15) is 12.2 Å². The van der Waals surface area contributed by atoms with Gasteiger partial charge < -0.3 is 19.3 Å². The number of carbonyl (C=O) groups is 3. The number of hydrogen-bond donors (Lipinski definition) is 1. The van der Waals surface area contributed by atoms with Crippen molar-refractivity contribution >= 4 is 23.8 Å². The van der Waals surface area contributed by atoms with Crippen LogP contribution in [0.2, 0.25) is 0 Å². The molecule has 1 saturated carbocycles. The average molecular weight is 523 g/mol. The molecule has 0 radical (unpaired) electrons. The first-order valence-electron chi connectivity index (χ1n) is 13.3. The van der Waals surface area contributed by atoms with E-state index >= 15 is 0 Å². The van der Waals surface area contributed by atoms with E-state index in [9.17, 15) is 14.4 Å². The molecule has 1 heterocycles. The molecule has 0 bridgehead atoms. The first kappa shape index (κ1) is 27.3. The summed E-state index contributed by atoms with van der Waals surface area (Å²) in [6.45, 7) is 8.57. The summed E-state index contributed by atoms with van der Waals surface area (Å²) in [5.74, 6) is 0.0206. The average Bonchev–Trinajstić information content (AvgIpc) is 2.88. The number of hydrazine groups is 1. The Morgan fingerprint density at radius 1 is 0.947 bits per heavy atom. The van der Waals surface area contributed by atoms with Crippen LogP contribution in [0, 0.1) is 5.92 Å². The van der Waals surface area contributed by atoms with Crippen LogP contribution in [0.4, 0.5) is 15.3 Å². The van der Waals surface area contributed by atoms with Crippen LogP contribution in [0.1, 0.15) is 56.0 Å². The van der Waals surface area contributed by atoms with Crippen LogP contribution < -0.4 is 10.3 Å². The van der Waals surface area contributed by atoms with Gasteiger partial charge in [-0.15, -0.1) is 0 Å². The molecule has 2 aliphatic rings. The summed E-state index contributed by atoms with van der Waals surface area (Å²) < 4.78 is 10.9. The molecule has 0 atom stereocenters. The zero-order valence-corrected chi connectivity index (χ0v) is 22.5. The lowest BCUT2D eigenvalue weighted by molar-refractivity contribution is 0.00642. The molecule has 1 saturated heterocycles. The van der Waals surface area contributed by atoms with Gasteiger partial charge in [-0.05, 0) is 69.4 Å². The fourth-order valence-electron chi connectivity index (χ4n) is 4.38. The largest absolute Gasteiger partial charge is 0.445 e. The molecule has 9 nitrogen and oxygen atoms in total. The first-order valence-corrected chi connectivity index (χ1v) is 13.3. The third kappa shape index (κ3) is 7.63. The fourth-order valence-corrected chi connectivity index (χ4v) is 4.38. The molecule has 0 aromatic heterocycles. The summed E-state index contributed by atoms with van der Waals surface area (Å²) in [5.41, 5.74) is 4.48. The highest BCUT2D eigenvalue weighted by Crippen LogP contribution is 2.27. The van der Waals surface area contributed by atoms with Crippen molar-refractivity contribution in [1.82, 2.24) is 15.3 Å². The quantitative estimate of drug-likeness (QED) is 0.547. The number of anilines is 1. The van der Waals surface area contributed by atoms with Gasteiger partial charge in [0.05, 0.1) is 0 Å².